The molecule has 18 heavy (non-hydrogen) atoms. The smallest absolute Gasteiger partial charge is 0.234 e. The fourth-order valence-electron chi connectivity index (χ4n) is 2.34. The Kier molecular flexibility index (Phi) is 4.36. The Morgan fingerprint density at radius 1 is 1.50 bits per heavy atom. The van der Waals surface area contributed by atoms with Crippen LogP contribution in [0.5, 0.6) is 0 Å². The van der Waals surface area contributed by atoms with E-state index in [0.29, 0.717) is 18.2 Å². The normalized spacial score (nSPS) is 16.8. The van der Waals surface area contributed by atoms with E-state index in [9.17, 15) is 4.79 Å². The summed E-state index contributed by atoms with van der Waals surface area (Å²) in [5.74, 6) is 1.02. The van der Waals surface area contributed by atoms with Gasteiger partial charge in [-0.2, -0.15) is 0 Å². The van der Waals surface area contributed by atoms with E-state index in [1.54, 1.807) is 0 Å². The molecule has 0 spiro atoms. The van der Waals surface area contributed by atoms with Crippen molar-refractivity contribution in [2.24, 2.45) is 5.92 Å². The number of aromatic nitrogens is 1. The van der Waals surface area contributed by atoms with Gasteiger partial charge < -0.3 is 9.84 Å². The first kappa shape index (κ1) is 13.1. The van der Waals surface area contributed by atoms with Crippen molar-refractivity contribution in [2.45, 2.75) is 39.5 Å². The van der Waals surface area contributed by atoms with E-state index in [4.69, 9.17) is 4.52 Å². The van der Waals surface area contributed by atoms with Crippen LogP contribution in [0.1, 0.15) is 37.4 Å². The zero-order chi connectivity index (χ0) is 13.0. The number of aryl methyl sites for hydroxylation is 1. The highest BCUT2D eigenvalue weighted by Crippen LogP contribution is 2.21. The lowest BCUT2D eigenvalue weighted by atomic mass is 9.94. The molecule has 1 fully saturated rings. The first-order chi connectivity index (χ1) is 8.70. The number of nitrogens with one attached hydrogen (secondary N) is 2. The molecule has 5 nitrogen and oxygen atoms in total. The van der Waals surface area contributed by atoms with Crippen LogP contribution >= 0.6 is 0 Å². The Hall–Kier alpha value is -1.36. The summed E-state index contributed by atoms with van der Waals surface area (Å²) in [5, 5.41) is 10.1. The molecule has 100 valence electrons. The van der Waals surface area contributed by atoms with Crippen molar-refractivity contribution in [3.8, 4) is 0 Å². The van der Waals surface area contributed by atoms with Crippen molar-refractivity contribution in [3.05, 3.63) is 11.3 Å². The van der Waals surface area contributed by atoms with Crippen LogP contribution in [0.4, 0.5) is 5.88 Å². The summed E-state index contributed by atoms with van der Waals surface area (Å²) < 4.78 is 5.15. The fraction of sp³-hybridized carbons (Fsp3) is 0.692. The van der Waals surface area contributed by atoms with Gasteiger partial charge in [0.15, 0.2) is 0 Å². The molecule has 2 heterocycles. The zero-order valence-corrected chi connectivity index (χ0v) is 11.1. The predicted molar refractivity (Wildman–Crippen MR) is 69.5 cm³/mol. The van der Waals surface area contributed by atoms with E-state index in [-0.39, 0.29) is 5.91 Å². The average Bonchev–Trinajstić information content (AvgIpc) is 2.71. The molecule has 0 aromatic carbocycles. The number of carbonyl (C=O) groups excluding carboxylic acids is 1. The Morgan fingerprint density at radius 3 is 2.83 bits per heavy atom. The van der Waals surface area contributed by atoms with Crippen molar-refractivity contribution in [1.82, 2.24) is 10.5 Å². The Balaban J connectivity index is 1.88. The average molecular weight is 251 g/mol. The zero-order valence-electron chi connectivity index (χ0n) is 11.1. The van der Waals surface area contributed by atoms with Crippen LogP contribution in [0.15, 0.2) is 4.52 Å². The van der Waals surface area contributed by atoms with Crippen LogP contribution in [0.2, 0.25) is 0 Å². The second kappa shape index (κ2) is 6.00. The largest absolute Gasteiger partial charge is 0.338 e. The van der Waals surface area contributed by atoms with Gasteiger partial charge in [-0.1, -0.05) is 12.1 Å². The summed E-state index contributed by atoms with van der Waals surface area (Å²) in [6, 6.07) is 0. The number of amides is 1. The number of hydrogen-bond donors (Lipinski definition) is 2. The van der Waals surface area contributed by atoms with Crippen LogP contribution < -0.4 is 10.6 Å². The van der Waals surface area contributed by atoms with E-state index in [2.05, 4.69) is 15.8 Å². The van der Waals surface area contributed by atoms with Crippen LogP contribution in [0.3, 0.4) is 0 Å². The van der Waals surface area contributed by atoms with Gasteiger partial charge in [0.05, 0.1) is 5.69 Å². The molecule has 0 aliphatic carbocycles. The molecular weight excluding hydrogens is 230 g/mol. The molecule has 1 saturated heterocycles. The molecule has 0 bridgehead atoms. The lowest BCUT2D eigenvalue weighted by Crippen LogP contribution is -2.30. The van der Waals surface area contributed by atoms with E-state index in [1.807, 2.05) is 13.8 Å². The molecule has 0 unspecified atom stereocenters. The molecule has 5 heteroatoms. The summed E-state index contributed by atoms with van der Waals surface area (Å²) in [6.07, 6.45) is 3.54. The third kappa shape index (κ3) is 3.10. The maximum absolute atomic E-state index is 11.9. The monoisotopic (exact) mass is 251 g/mol. The Labute approximate surface area is 107 Å². The second-order valence-corrected chi connectivity index (χ2v) is 4.88. The highest BCUT2D eigenvalue weighted by atomic mass is 16.5. The molecule has 1 amide bonds. The number of rotatable bonds is 4. The summed E-state index contributed by atoms with van der Waals surface area (Å²) in [4.78, 5) is 11.9. The van der Waals surface area contributed by atoms with Crippen molar-refractivity contribution < 1.29 is 9.32 Å². The maximum Gasteiger partial charge on any atom is 0.234 e. The topological polar surface area (TPSA) is 67.2 Å². The number of nitrogens with zero attached hydrogens (tertiary/aromatic N) is 1. The van der Waals surface area contributed by atoms with Crippen molar-refractivity contribution in [3.63, 3.8) is 0 Å². The quantitative estimate of drug-likeness (QED) is 0.857. The number of hydrogen-bond acceptors (Lipinski definition) is 4. The Morgan fingerprint density at radius 2 is 2.22 bits per heavy atom. The van der Waals surface area contributed by atoms with Gasteiger partial charge in [-0.05, 0) is 45.2 Å². The van der Waals surface area contributed by atoms with E-state index in [0.717, 1.165) is 43.6 Å². The minimum absolute atomic E-state index is 0.0313. The lowest BCUT2D eigenvalue weighted by molar-refractivity contribution is -0.117. The van der Waals surface area contributed by atoms with Crippen molar-refractivity contribution in [2.75, 3.05) is 18.4 Å². The molecule has 0 radical (unpaired) electrons. The van der Waals surface area contributed by atoms with E-state index in [1.165, 1.54) is 0 Å². The first-order valence-electron chi connectivity index (χ1n) is 6.66. The maximum atomic E-state index is 11.9. The SMILES string of the molecule is CCc1noc(NC(=O)CC2CCNCC2)c1C. The number of anilines is 1. The molecule has 1 aliphatic heterocycles. The van der Waals surface area contributed by atoms with Gasteiger partial charge in [0, 0.05) is 12.0 Å². The van der Waals surface area contributed by atoms with Crippen molar-refractivity contribution in [1.29, 1.82) is 0 Å². The van der Waals surface area contributed by atoms with Gasteiger partial charge in [0.1, 0.15) is 0 Å². The third-order valence-electron chi connectivity index (χ3n) is 3.54. The molecule has 1 aromatic heterocycles. The van der Waals surface area contributed by atoms with Crippen LogP contribution in [0.25, 0.3) is 0 Å². The minimum Gasteiger partial charge on any atom is -0.338 e. The summed E-state index contributed by atoms with van der Waals surface area (Å²) in [6.45, 7) is 5.97. The van der Waals surface area contributed by atoms with E-state index < -0.39 is 0 Å². The lowest BCUT2D eigenvalue weighted by Gasteiger charge is -2.21. The molecule has 2 rings (SSSR count). The summed E-state index contributed by atoms with van der Waals surface area (Å²) >= 11 is 0. The highest BCUT2D eigenvalue weighted by molar-refractivity contribution is 5.90. The first-order valence-corrected chi connectivity index (χ1v) is 6.66. The molecule has 0 saturated carbocycles. The minimum atomic E-state index is 0.0313. The van der Waals surface area contributed by atoms with Crippen LogP contribution in [-0.4, -0.2) is 24.2 Å². The summed E-state index contributed by atoms with van der Waals surface area (Å²) in [7, 11) is 0. The molecule has 2 N–H and O–H groups in total. The number of piperidine rings is 1. The predicted octanol–water partition coefficient (Wildman–Crippen LogP) is 1.87. The fourth-order valence-corrected chi connectivity index (χ4v) is 2.34. The van der Waals surface area contributed by atoms with Gasteiger partial charge in [0.2, 0.25) is 11.8 Å². The number of carbonyl (C=O) groups is 1. The third-order valence-corrected chi connectivity index (χ3v) is 3.54. The van der Waals surface area contributed by atoms with Crippen molar-refractivity contribution >= 4 is 11.8 Å². The van der Waals surface area contributed by atoms with Gasteiger partial charge in [-0.15, -0.1) is 0 Å². The van der Waals surface area contributed by atoms with Gasteiger partial charge in [0.25, 0.3) is 0 Å². The standard InChI is InChI=1S/C13H21N3O2/c1-3-11-9(2)13(18-16-11)15-12(17)8-10-4-6-14-7-5-10/h10,14H,3-8H2,1-2H3,(H,15,17). The van der Waals surface area contributed by atoms with Crippen LogP contribution in [-0.2, 0) is 11.2 Å². The Bertz CT molecular complexity index is 408. The van der Waals surface area contributed by atoms with Gasteiger partial charge >= 0.3 is 0 Å². The molecule has 0 atom stereocenters. The molecular formula is C13H21N3O2. The molecule has 1 aliphatic rings. The van der Waals surface area contributed by atoms with Gasteiger partial charge in [-0.25, -0.2) is 0 Å². The highest BCUT2D eigenvalue weighted by Gasteiger charge is 2.19. The van der Waals surface area contributed by atoms with Crippen LogP contribution in [0, 0.1) is 12.8 Å². The van der Waals surface area contributed by atoms with E-state index >= 15 is 0 Å². The second-order valence-electron chi connectivity index (χ2n) is 4.88. The molecule has 1 aromatic rings. The summed E-state index contributed by atoms with van der Waals surface area (Å²) in [5.41, 5.74) is 1.85. The van der Waals surface area contributed by atoms with Gasteiger partial charge in [-0.3, -0.25) is 10.1 Å².